The van der Waals surface area contributed by atoms with E-state index in [0.29, 0.717) is 19.3 Å². The monoisotopic (exact) mass is 765 g/mol. The van der Waals surface area contributed by atoms with Crippen LogP contribution in [0.2, 0.25) is 0 Å². The van der Waals surface area contributed by atoms with Gasteiger partial charge in [0.2, 0.25) is 0 Å². The third-order valence-electron chi connectivity index (χ3n) is 10.9. The number of carbonyl (C=O) groups is 3. The molecule has 0 aliphatic rings. The van der Waals surface area contributed by atoms with Gasteiger partial charge < -0.3 is 14.2 Å². The van der Waals surface area contributed by atoms with Crippen LogP contribution in [0.1, 0.15) is 271 Å². The van der Waals surface area contributed by atoms with E-state index in [-0.39, 0.29) is 31.1 Å². The molecule has 320 valence electrons. The second-order valence-electron chi connectivity index (χ2n) is 16.4. The minimum atomic E-state index is -0.757. The first-order chi connectivity index (χ1) is 26.5. The molecular formula is C48H92O6. The third-order valence-corrected chi connectivity index (χ3v) is 10.9. The molecule has 0 spiro atoms. The van der Waals surface area contributed by atoms with Crippen molar-refractivity contribution >= 4 is 17.9 Å². The van der Waals surface area contributed by atoms with Crippen LogP contribution in [0.4, 0.5) is 0 Å². The van der Waals surface area contributed by atoms with Crippen LogP contribution in [-0.4, -0.2) is 37.2 Å². The van der Waals surface area contributed by atoms with E-state index in [0.717, 1.165) is 57.8 Å². The van der Waals surface area contributed by atoms with Gasteiger partial charge in [-0.15, -0.1) is 0 Å². The molecule has 0 saturated carbocycles. The van der Waals surface area contributed by atoms with Crippen molar-refractivity contribution in [1.29, 1.82) is 0 Å². The Labute approximate surface area is 336 Å². The highest BCUT2D eigenvalue weighted by Crippen LogP contribution is 2.16. The molecule has 0 aliphatic heterocycles. The zero-order chi connectivity index (χ0) is 39.4. The lowest BCUT2D eigenvalue weighted by molar-refractivity contribution is -0.167. The van der Waals surface area contributed by atoms with Crippen molar-refractivity contribution in [3.05, 3.63) is 0 Å². The average Bonchev–Trinajstić information content (AvgIpc) is 3.17. The molecule has 0 bridgehead atoms. The number of unbranched alkanes of at least 4 members (excludes halogenated alkanes) is 33. The van der Waals surface area contributed by atoms with E-state index in [2.05, 4.69) is 20.8 Å². The van der Waals surface area contributed by atoms with E-state index in [1.165, 1.54) is 173 Å². The van der Waals surface area contributed by atoms with Gasteiger partial charge in [-0.25, -0.2) is 0 Å². The second kappa shape index (κ2) is 44.1. The van der Waals surface area contributed by atoms with Crippen molar-refractivity contribution in [1.82, 2.24) is 0 Å². The minimum absolute atomic E-state index is 0.0629. The summed E-state index contributed by atoms with van der Waals surface area (Å²) in [6, 6.07) is 0. The van der Waals surface area contributed by atoms with Crippen LogP contribution < -0.4 is 0 Å². The fraction of sp³-hybridized carbons (Fsp3) is 0.938. The van der Waals surface area contributed by atoms with Crippen molar-refractivity contribution < 1.29 is 28.6 Å². The number of hydrogen-bond donors (Lipinski definition) is 0. The maximum Gasteiger partial charge on any atom is 0.306 e. The molecule has 0 N–H and O–H groups in total. The minimum Gasteiger partial charge on any atom is -0.462 e. The van der Waals surface area contributed by atoms with Crippen LogP contribution in [0.15, 0.2) is 0 Å². The molecule has 0 heterocycles. The van der Waals surface area contributed by atoms with E-state index in [4.69, 9.17) is 14.2 Å². The number of carbonyl (C=O) groups excluding carboxylic acids is 3. The lowest BCUT2D eigenvalue weighted by atomic mass is 10.0. The molecule has 0 aliphatic carbocycles. The molecule has 0 radical (unpaired) electrons. The van der Waals surface area contributed by atoms with Crippen LogP contribution in [0.25, 0.3) is 0 Å². The number of ether oxygens (including phenoxy) is 3. The summed E-state index contributed by atoms with van der Waals surface area (Å²) in [6.45, 7) is 6.62. The van der Waals surface area contributed by atoms with Crippen molar-refractivity contribution in [3.8, 4) is 0 Å². The Balaban J connectivity index is 4.21. The van der Waals surface area contributed by atoms with Gasteiger partial charge in [0.05, 0.1) is 0 Å². The lowest BCUT2D eigenvalue weighted by Gasteiger charge is -2.18. The highest BCUT2D eigenvalue weighted by atomic mass is 16.6. The largest absolute Gasteiger partial charge is 0.462 e. The summed E-state index contributed by atoms with van der Waals surface area (Å²) in [7, 11) is 0. The first-order valence-electron chi connectivity index (χ1n) is 24.0. The summed E-state index contributed by atoms with van der Waals surface area (Å²) in [5.74, 6) is -0.854. The number of hydrogen-bond acceptors (Lipinski definition) is 6. The van der Waals surface area contributed by atoms with E-state index in [9.17, 15) is 14.4 Å². The highest BCUT2D eigenvalue weighted by molar-refractivity contribution is 5.71. The SMILES string of the molecule is CCCCCCCCCCCCCCCCCCCC(=O)O[C@@H](COC(=O)CCCCCCCCC)COC(=O)CCCCCCCCCCCCCC. The Hall–Kier alpha value is -1.59. The number of esters is 3. The van der Waals surface area contributed by atoms with Crippen molar-refractivity contribution in [2.45, 2.75) is 277 Å². The highest BCUT2D eigenvalue weighted by Gasteiger charge is 2.19. The van der Waals surface area contributed by atoms with Crippen LogP contribution >= 0.6 is 0 Å². The van der Waals surface area contributed by atoms with Crippen LogP contribution in [0.5, 0.6) is 0 Å². The Morgan fingerprint density at radius 3 is 0.741 bits per heavy atom. The molecule has 0 unspecified atom stereocenters. The van der Waals surface area contributed by atoms with Crippen molar-refractivity contribution in [2.24, 2.45) is 0 Å². The molecule has 0 aromatic rings. The maximum absolute atomic E-state index is 12.7. The molecule has 54 heavy (non-hydrogen) atoms. The second-order valence-corrected chi connectivity index (χ2v) is 16.4. The van der Waals surface area contributed by atoms with Crippen molar-refractivity contribution in [3.63, 3.8) is 0 Å². The summed E-state index contributed by atoms with van der Waals surface area (Å²) in [5.41, 5.74) is 0. The summed E-state index contributed by atoms with van der Waals surface area (Å²) >= 11 is 0. The van der Waals surface area contributed by atoms with E-state index in [1.54, 1.807) is 0 Å². The molecule has 0 fully saturated rings. The smallest absolute Gasteiger partial charge is 0.306 e. The third kappa shape index (κ3) is 41.6. The molecular weight excluding hydrogens is 673 g/mol. The van der Waals surface area contributed by atoms with Crippen LogP contribution in [0.3, 0.4) is 0 Å². The molecule has 0 saturated heterocycles. The molecule has 1 atom stereocenters. The molecule has 6 nitrogen and oxygen atoms in total. The fourth-order valence-electron chi connectivity index (χ4n) is 7.21. The first kappa shape index (κ1) is 52.4. The van der Waals surface area contributed by atoms with Crippen LogP contribution in [0, 0.1) is 0 Å². The summed E-state index contributed by atoms with van der Waals surface area (Å²) in [4.78, 5) is 37.6. The standard InChI is InChI=1S/C48H92O6/c1-4-7-10-13-16-18-20-22-23-24-25-26-28-30-33-36-39-42-48(51)54-45(43-52-46(49)40-37-34-31-15-12-9-6-3)44-53-47(50)41-38-35-32-29-27-21-19-17-14-11-8-5-2/h45H,4-44H2,1-3H3/t45-/m0/s1. The Morgan fingerprint density at radius 1 is 0.296 bits per heavy atom. The molecule has 0 aromatic carbocycles. The Morgan fingerprint density at radius 2 is 0.500 bits per heavy atom. The average molecular weight is 765 g/mol. The van der Waals surface area contributed by atoms with Gasteiger partial charge in [0, 0.05) is 19.3 Å². The van der Waals surface area contributed by atoms with Gasteiger partial charge in [-0.2, -0.15) is 0 Å². The van der Waals surface area contributed by atoms with Gasteiger partial charge in [-0.05, 0) is 19.3 Å². The Bertz CT molecular complexity index is 798. The maximum atomic E-state index is 12.7. The predicted octanol–water partition coefficient (Wildman–Crippen LogP) is 15.3. The van der Waals surface area contributed by atoms with Crippen LogP contribution in [-0.2, 0) is 28.6 Å². The van der Waals surface area contributed by atoms with Gasteiger partial charge in [0.1, 0.15) is 13.2 Å². The first-order valence-corrected chi connectivity index (χ1v) is 24.0. The van der Waals surface area contributed by atoms with Gasteiger partial charge in [-0.1, -0.05) is 233 Å². The number of rotatable bonds is 44. The topological polar surface area (TPSA) is 78.9 Å². The predicted molar refractivity (Wildman–Crippen MR) is 229 cm³/mol. The van der Waals surface area contributed by atoms with Crippen molar-refractivity contribution in [2.75, 3.05) is 13.2 Å². The zero-order valence-electron chi connectivity index (χ0n) is 36.5. The van der Waals surface area contributed by atoms with Gasteiger partial charge >= 0.3 is 17.9 Å². The van der Waals surface area contributed by atoms with Gasteiger partial charge in [0.15, 0.2) is 6.10 Å². The lowest BCUT2D eigenvalue weighted by Crippen LogP contribution is -2.30. The van der Waals surface area contributed by atoms with E-state index in [1.807, 2.05) is 0 Å². The molecule has 6 heteroatoms. The molecule has 0 rings (SSSR count). The normalized spacial score (nSPS) is 11.8. The van der Waals surface area contributed by atoms with E-state index >= 15 is 0 Å². The molecule has 0 amide bonds. The van der Waals surface area contributed by atoms with Gasteiger partial charge in [-0.3, -0.25) is 14.4 Å². The zero-order valence-corrected chi connectivity index (χ0v) is 36.5. The summed E-state index contributed by atoms with van der Waals surface area (Å²) in [6.07, 6.45) is 45.2. The Kier molecular flexibility index (Phi) is 42.8. The fourth-order valence-corrected chi connectivity index (χ4v) is 7.21. The summed E-state index contributed by atoms with van der Waals surface area (Å²) in [5, 5.41) is 0. The quantitative estimate of drug-likeness (QED) is 0.0349. The van der Waals surface area contributed by atoms with Gasteiger partial charge in [0.25, 0.3) is 0 Å². The van der Waals surface area contributed by atoms with E-state index < -0.39 is 6.10 Å². The molecule has 0 aromatic heterocycles. The summed E-state index contributed by atoms with van der Waals surface area (Å²) < 4.78 is 16.7.